The first-order valence-electron chi connectivity index (χ1n) is 14.1. The van der Waals surface area contributed by atoms with Crippen molar-refractivity contribution < 1.29 is 43.5 Å². The second kappa shape index (κ2) is 14.4. The molecule has 2 N–H and O–H groups in total. The number of ether oxygens (including phenoxy) is 4. The van der Waals surface area contributed by atoms with Gasteiger partial charge in [-0.3, -0.25) is 9.59 Å². The lowest BCUT2D eigenvalue weighted by molar-refractivity contribution is -0.139. The molecule has 1 aliphatic heterocycles. The predicted molar refractivity (Wildman–Crippen MR) is 153 cm³/mol. The molecule has 0 aromatic heterocycles. The molecule has 0 amide bonds. The van der Waals surface area contributed by atoms with Gasteiger partial charge in [-0.25, -0.2) is 4.79 Å². The van der Waals surface area contributed by atoms with Gasteiger partial charge >= 0.3 is 11.9 Å². The number of carboxylic acid groups (broad SMARTS) is 2. The minimum atomic E-state index is -1.06. The summed E-state index contributed by atoms with van der Waals surface area (Å²) in [5.74, 6) is 0.671. The van der Waals surface area contributed by atoms with Crippen molar-refractivity contribution >= 4 is 28.5 Å². The molecule has 3 aromatic carbocycles. The summed E-state index contributed by atoms with van der Waals surface area (Å²) in [5, 5.41) is 19.8. The van der Waals surface area contributed by atoms with E-state index in [-0.39, 0.29) is 12.2 Å². The molecule has 0 spiro atoms. The summed E-state index contributed by atoms with van der Waals surface area (Å²) < 4.78 is 23.3. The Morgan fingerprint density at radius 2 is 1.59 bits per heavy atom. The van der Waals surface area contributed by atoms with E-state index in [1.165, 1.54) is 0 Å². The minimum Gasteiger partial charge on any atom is -0.493 e. The molecule has 0 saturated carbocycles. The first-order valence-corrected chi connectivity index (χ1v) is 14.1. The van der Waals surface area contributed by atoms with Crippen LogP contribution in [0.4, 0.5) is 0 Å². The molecule has 0 unspecified atom stereocenters. The lowest BCUT2D eigenvalue weighted by Crippen LogP contribution is -2.17. The van der Waals surface area contributed by atoms with Crippen molar-refractivity contribution in [1.29, 1.82) is 0 Å². The number of rotatable bonds is 16. The Balaban J connectivity index is 1.32. The summed E-state index contributed by atoms with van der Waals surface area (Å²) >= 11 is 0. The first kappa shape index (κ1) is 29.7. The number of carbonyl (C=O) groups excluding carboxylic acids is 1. The molecule has 9 heteroatoms. The fraction of sp³-hybridized carbons (Fsp3) is 0.406. The number of aryl methyl sites for hydroxylation is 1. The van der Waals surface area contributed by atoms with E-state index in [1.54, 1.807) is 18.2 Å². The zero-order valence-corrected chi connectivity index (χ0v) is 23.3. The molecule has 218 valence electrons. The fourth-order valence-corrected chi connectivity index (χ4v) is 4.95. The smallest absolute Gasteiger partial charge is 0.341 e. The van der Waals surface area contributed by atoms with Gasteiger partial charge in [0.2, 0.25) is 0 Å². The molecule has 4 rings (SSSR count). The van der Waals surface area contributed by atoms with Gasteiger partial charge < -0.3 is 29.2 Å². The van der Waals surface area contributed by atoms with E-state index in [2.05, 4.69) is 6.92 Å². The van der Waals surface area contributed by atoms with E-state index in [4.69, 9.17) is 24.1 Å². The number of carboxylic acids is 2. The lowest BCUT2D eigenvalue weighted by atomic mass is 9.98. The summed E-state index contributed by atoms with van der Waals surface area (Å²) in [6.45, 7) is 3.07. The topological polar surface area (TPSA) is 129 Å². The standard InChI is InChI=1S/C32H36O9/c1-2-6-26-29(13-10-25-27(33)15-18-40-32(25)26)39-17-5-3-4-16-38-28-12-7-21-19-22(41-20-31(36)37)8-9-23(21)24(28)11-14-30(34)35/h7-10,12-13,19H,2-6,11,14-18,20H2,1H3,(H,34,35)(H,36,37). The second-order valence-corrected chi connectivity index (χ2v) is 9.95. The van der Waals surface area contributed by atoms with E-state index in [9.17, 15) is 19.5 Å². The van der Waals surface area contributed by atoms with Crippen molar-refractivity contribution in [2.75, 3.05) is 26.4 Å². The molecular formula is C32H36O9. The Hall–Kier alpha value is -4.27. The third-order valence-electron chi connectivity index (χ3n) is 6.91. The maximum atomic E-state index is 12.2. The number of hydrogen-bond acceptors (Lipinski definition) is 7. The maximum absolute atomic E-state index is 12.2. The van der Waals surface area contributed by atoms with Crippen molar-refractivity contribution in [3.8, 4) is 23.0 Å². The number of aliphatic carboxylic acids is 2. The average Bonchev–Trinajstić information content (AvgIpc) is 2.95. The number of benzene rings is 3. The Morgan fingerprint density at radius 3 is 2.29 bits per heavy atom. The van der Waals surface area contributed by atoms with Gasteiger partial charge in [0, 0.05) is 24.0 Å². The van der Waals surface area contributed by atoms with Crippen LogP contribution < -0.4 is 18.9 Å². The summed E-state index contributed by atoms with van der Waals surface area (Å²) in [6, 6.07) is 12.6. The molecule has 0 fully saturated rings. The summed E-state index contributed by atoms with van der Waals surface area (Å²) in [7, 11) is 0. The normalized spacial score (nSPS) is 12.5. The van der Waals surface area contributed by atoms with Crippen molar-refractivity contribution in [3.63, 3.8) is 0 Å². The van der Waals surface area contributed by atoms with E-state index >= 15 is 0 Å². The summed E-state index contributed by atoms with van der Waals surface area (Å²) in [5.41, 5.74) is 2.41. The molecule has 3 aromatic rings. The van der Waals surface area contributed by atoms with E-state index in [1.807, 2.05) is 24.3 Å². The highest BCUT2D eigenvalue weighted by atomic mass is 16.5. The number of unbranched alkanes of at least 4 members (excludes halogenated alkanes) is 2. The third-order valence-corrected chi connectivity index (χ3v) is 6.91. The van der Waals surface area contributed by atoms with Gasteiger partial charge in [-0.1, -0.05) is 25.5 Å². The van der Waals surface area contributed by atoms with Crippen LogP contribution in [-0.4, -0.2) is 54.4 Å². The zero-order valence-electron chi connectivity index (χ0n) is 23.3. The predicted octanol–water partition coefficient (Wildman–Crippen LogP) is 5.87. The van der Waals surface area contributed by atoms with Crippen molar-refractivity contribution in [1.82, 2.24) is 0 Å². The number of ketones is 1. The molecule has 1 aliphatic rings. The van der Waals surface area contributed by atoms with Crippen LogP contribution in [0.1, 0.15) is 66.9 Å². The Morgan fingerprint density at radius 1 is 0.854 bits per heavy atom. The lowest BCUT2D eigenvalue weighted by Gasteiger charge is -2.22. The molecule has 0 radical (unpaired) electrons. The largest absolute Gasteiger partial charge is 0.493 e. The molecule has 0 aliphatic carbocycles. The molecule has 1 heterocycles. The quantitative estimate of drug-likeness (QED) is 0.205. The van der Waals surface area contributed by atoms with Crippen molar-refractivity contribution in [3.05, 3.63) is 59.2 Å². The number of carbonyl (C=O) groups is 3. The summed E-state index contributed by atoms with van der Waals surface area (Å²) in [4.78, 5) is 34.3. The Kier molecular flexibility index (Phi) is 10.4. The Labute approximate surface area is 239 Å². The SMILES string of the molecule is CCCc1c(OCCCCCOc2ccc3cc(OCC(=O)O)ccc3c2CCC(=O)O)ccc2c1OCCC2=O. The zero-order chi connectivity index (χ0) is 29.2. The van der Waals surface area contributed by atoms with Crippen LogP contribution in [0.2, 0.25) is 0 Å². The summed E-state index contributed by atoms with van der Waals surface area (Å²) in [6.07, 6.45) is 4.89. The monoisotopic (exact) mass is 564 g/mol. The molecule has 0 bridgehead atoms. The van der Waals surface area contributed by atoms with Gasteiger partial charge in [-0.15, -0.1) is 0 Å². The number of hydrogen-bond donors (Lipinski definition) is 2. The van der Waals surface area contributed by atoms with E-state index < -0.39 is 18.5 Å². The van der Waals surface area contributed by atoms with Crippen LogP contribution in [0.3, 0.4) is 0 Å². The third kappa shape index (κ3) is 7.90. The first-order chi connectivity index (χ1) is 19.9. The minimum absolute atomic E-state index is 0.0357. The van der Waals surface area contributed by atoms with Gasteiger partial charge in [0.15, 0.2) is 12.4 Å². The van der Waals surface area contributed by atoms with Crippen LogP contribution in [-0.2, 0) is 22.4 Å². The molecule has 0 saturated heterocycles. The van der Waals surface area contributed by atoms with Gasteiger partial charge in [-0.2, -0.15) is 0 Å². The van der Waals surface area contributed by atoms with Gasteiger partial charge in [0.25, 0.3) is 0 Å². The highest BCUT2D eigenvalue weighted by molar-refractivity contribution is 6.00. The van der Waals surface area contributed by atoms with Crippen molar-refractivity contribution in [2.24, 2.45) is 0 Å². The maximum Gasteiger partial charge on any atom is 0.341 e. The number of Topliss-reactive ketones (excluding diaryl/α,β-unsaturated/α-hetero) is 1. The van der Waals surface area contributed by atoms with Crippen LogP contribution in [0.5, 0.6) is 23.0 Å². The van der Waals surface area contributed by atoms with Crippen LogP contribution in [0.25, 0.3) is 10.8 Å². The number of fused-ring (bicyclic) bond motifs is 2. The van der Waals surface area contributed by atoms with Gasteiger partial charge in [0.1, 0.15) is 23.0 Å². The van der Waals surface area contributed by atoms with E-state index in [0.29, 0.717) is 55.5 Å². The highest BCUT2D eigenvalue weighted by Crippen LogP contribution is 2.37. The van der Waals surface area contributed by atoms with Crippen LogP contribution in [0, 0.1) is 0 Å². The second-order valence-electron chi connectivity index (χ2n) is 9.95. The molecule has 0 atom stereocenters. The van der Waals surface area contributed by atoms with Gasteiger partial charge in [-0.05, 0) is 73.2 Å². The Bertz CT molecular complexity index is 1400. The van der Waals surface area contributed by atoms with Crippen LogP contribution in [0.15, 0.2) is 42.5 Å². The molecule has 41 heavy (non-hydrogen) atoms. The average molecular weight is 565 g/mol. The van der Waals surface area contributed by atoms with Crippen molar-refractivity contribution in [2.45, 2.75) is 58.3 Å². The van der Waals surface area contributed by atoms with Crippen LogP contribution >= 0.6 is 0 Å². The fourth-order valence-electron chi connectivity index (χ4n) is 4.95. The van der Waals surface area contributed by atoms with E-state index in [0.717, 1.165) is 59.8 Å². The molecular weight excluding hydrogens is 528 g/mol. The highest BCUT2D eigenvalue weighted by Gasteiger charge is 2.23. The molecule has 9 nitrogen and oxygen atoms in total. The van der Waals surface area contributed by atoms with Gasteiger partial charge in [0.05, 0.1) is 25.4 Å².